The summed E-state index contributed by atoms with van der Waals surface area (Å²) >= 11 is 6.31. The zero-order valence-electron chi connectivity index (χ0n) is 13.8. The maximum atomic E-state index is 13.3. The number of halogens is 2. The molecule has 0 aliphatic rings. The van der Waals surface area contributed by atoms with Crippen LogP contribution in [0.4, 0.5) is 10.4 Å². The van der Waals surface area contributed by atoms with Crippen molar-refractivity contribution < 1.29 is 18.3 Å². The lowest BCUT2D eigenvalue weighted by molar-refractivity contribution is 0.284. The molecule has 0 unspecified atom stereocenters. The molecule has 0 amide bonds. The predicted molar refractivity (Wildman–Crippen MR) is 96.4 cm³/mol. The summed E-state index contributed by atoms with van der Waals surface area (Å²) in [5, 5.41) is 7.65. The number of anilines is 1. The first-order valence-electron chi connectivity index (χ1n) is 7.57. The smallest absolute Gasteiger partial charge is 0.313 e. The Balaban J connectivity index is 1.79. The highest BCUT2D eigenvalue weighted by atomic mass is 35.5. The van der Waals surface area contributed by atoms with Crippen molar-refractivity contribution in [2.24, 2.45) is 0 Å². The van der Waals surface area contributed by atoms with E-state index in [-0.39, 0.29) is 24.3 Å². The molecule has 0 aliphatic carbocycles. The van der Waals surface area contributed by atoms with Crippen LogP contribution in [0.3, 0.4) is 0 Å². The summed E-state index contributed by atoms with van der Waals surface area (Å²) in [4.78, 5) is 0. The van der Waals surface area contributed by atoms with E-state index in [4.69, 9.17) is 31.2 Å². The molecule has 26 heavy (non-hydrogen) atoms. The average molecular weight is 376 g/mol. The van der Waals surface area contributed by atoms with Crippen LogP contribution in [0.1, 0.15) is 17.0 Å². The molecule has 6 nitrogen and oxygen atoms in total. The van der Waals surface area contributed by atoms with Crippen LogP contribution in [0, 0.1) is 5.82 Å². The second kappa shape index (κ2) is 7.88. The second-order valence-corrected chi connectivity index (χ2v) is 5.67. The Morgan fingerprint density at radius 3 is 2.77 bits per heavy atom. The van der Waals surface area contributed by atoms with Gasteiger partial charge >= 0.3 is 6.01 Å². The van der Waals surface area contributed by atoms with Crippen LogP contribution in [0.15, 0.2) is 40.8 Å². The van der Waals surface area contributed by atoms with Gasteiger partial charge in [-0.2, -0.15) is 0 Å². The Bertz CT molecular complexity index is 943. The van der Waals surface area contributed by atoms with Crippen LogP contribution in [0.2, 0.25) is 5.02 Å². The second-order valence-electron chi connectivity index (χ2n) is 5.26. The van der Waals surface area contributed by atoms with Gasteiger partial charge in [0.25, 0.3) is 0 Å². The normalized spacial score (nSPS) is 11.0. The fourth-order valence-electron chi connectivity index (χ4n) is 2.24. The maximum Gasteiger partial charge on any atom is 0.313 e. The molecule has 0 aliphatic heterocycles. The number of hydrogen-bond donors (Lipinski definition) is 1. The van der Waals surface area contributed by atoms with Gasteiger partial charge in [-0.25, -0.2) is 4.39 Å². The summed E-state index contributed by atoms with van der Waals surface area (Å²) in [5.74, 6) is 0.756. The summed E-state index contributed by atoms with van der Waals surface area (Å²) in [5.41, 5.74) is 6.79. The van der Waals surface area contributed by atoms with Gasteiger partial charge in [0.2, 0.25) is 5.89 Å². The fourth-order valence-corrected chi connectivity index (χ4v) is 2.51. The van der Waals surface area contributed by atoms with Gasteiger partial charge in [0, 0.05) is 6.08 Å². The molecule has 8 heteroatoms. The number of nitrogen functional groups attached to an aromatic ring is 1. The fraction of sp³-hybridized carbons (Fsp3) is 0.111. The van der Waals surface area contributed by atoms with E-state index in [0.717, 1.165) is 5.56 Å². The molecule has 0 atom stereocenters. The molecule has 2 aromatic carbocycles. The lowest BCUT2D eigenvalue weighted by Gasteiger charge is -2.13. The number of rotatable bonds is 6. The molecule has 0 saturated heterocycles. The largest absolute Gasteiger partial charge is 0.493 e. The monoisotopic (exact) mass is 375 g/mol. The minimum atomic E-state index is -0.327. The molecule has 0 radical (unpaired) electrons. The van der Waals surface area contributed by atoms with Crippen LogP contribution in [-0.4, -0.2) is 17.3 Å². The van der Waals surface area contributed by atoms with E-state index < -0.39 is 0 Å². The first-order chi connectivity index (χ1) is 12.5. The van der Waals surface area contributed by atoms with Crippen molar-refractivity contribution in [3.05, 3.63) is 64.3 Å². The Morgan fingerprint density at radius 2 is 2.08 bits per heavy atom. The van der Waals surface area contributed by atoms with Crippen LogP contribution < -0.4 is 15.2 Å². The number of nitrogens with two attached hydrogens (primary N) is 1. The molecule has 3 rings (SSSR count). The Hall–Kier alpha value is -3.06. The van der Waals surface area contributed by atoms with E-state index in [1.165, 1.54) is 19.2 Å². The molecular weight excluding hydrogens is 361 g/mol. The van der Waals surface area contributed by atoms with Crippen molar-refractivity contribution in [1.82, 2.24) is 10.2 Å². The number of aromatic nitrogens is 2. The highest BCUT2D eigenvalue weighted by Gasteiger charge is 2.12. The molecule has 0 fully saturated rings. The first-order valence-corrected chi connectivity index (χ1v) is 7.95. The molecule has 0 spiro atoms. The van der Waals surface area contributed by atoms with Crippen LogP contribution >= 0.6 is 11.6 Å². The quantitative estimate of drug-likeness (QED) is 0.695. The Labute approximate surface area is 154 Å². The summed E-state index contributed by atoms with van der Waals surface area (Å²) in [7, 11) is 1.51. The molecule has 134 valence electrons. The van der Waals surface area contributed by atoms with E-state index in [9.17, 15) is 4.39 Å². The van der Waals surface area contributed by atoms with E-state index in [0.29, 0.717) is 22.1 Å². The average Bonchev–Trinajstić information content (AvgIpc) is 3.04. The molecule has 1 heterocycles. The Kier molecular flexibility index (Phi) is 5.38. The predicted octanol–water partition coefficient (Wildman–Crippen LogP) is 4.20. The highest BCUT2D eigenvalue weighted by molar-refractivity contribution is 6.32. The van der Waals surface area contributed by atoms with Crippen LogP contribution in [0.5, 0.6) is 11.5 Å². The third-order valence-electron chi connectivity index (χ3n) is 3.40. The molecule has 0 saturated carbocycles. The number of nitrogens with zero attached hydrogens (tertiary/aromatic N) is 2. The van der Waals surface area contributed by atoms with Crippen molar-refractivity contribution in [2.75, 3.05) is 12.8 Å². The van der Waals surface area contributed by atoms with Gasteiger partial charge < -0.3 is 19.6 Å². The van der Waals surface area contributed by atoms with Gasteiger partial charge in [0.05, 0.1) is 12.1 Å². The van der Waals surface area contributed by atoms with Gasteiger partial charge in [-0.05, 0) is 41.5 Å². The number of benzene rings is 2. The molecule has 2 N–H and O–H groups in total. The third-order valence-corrected chi connectivity index (χ3v) is 3.68. The van der Waals surface area contributed by atoms with Gasteiger partial charge in [-0.1, -0.05) is 28.8 Å². The first kappa shape index (κ1) is 17.8. The number of hydrogen-bond acceptors (Lipinski definition) is 6. The van der Waals surface area contributed by atoms with Gasteiger partial charge in [0.1, 0.15) is 12.4 Å². The third kappa shape index (κ3) is 4.31. The topological polar surface area (TPSA) is 83.4 Å². The van der Waals surface area contributed by atoms with Crippen molar-refractivity contribution in [3.8, 4) is 11.5 Å². The number of ether oxygens (including phenoxy) is 2. The van der Waals surface area contributed by atoms with E-state index in [1.54, 1.807) is 36.4 Å². The lowest BCUT2D eigenvalue weighted by Crippen LogP contribution is -1.99. The summed E-state index contributed by atoms with van der Waals surface area (Å²) in [6.45, 7) is 0.157. The SMILES string of the molecule is COc1cc(/C=C/c2nnc(N)o2)cc(Cl)c1OCc1cccc(F)c1. The minimum Gasteiger partial charge on any atom is -0.493 e. The zero-order chi connectivity index (χ0) is 18.5. The van der Waals surface area contributed by atoms with Gasteiger partial charge in [-0.15, -0.1) is 5.10 Å². The summed E-state index contributed by atoms with van der Waals surface area (Å²) in [6, 6.07) is 9.57. The lowest BCUT2D eigenvalue weighted by atomic mass is 10.2. The summed E-state index contributed by atoms with van der Waals surface area (Å²) in [6.07, 6.45) is 3.32. The van der Waals surface area contributed by atoms with E-state index >= 15 is 0 Å². The van der Waals surface area contributed by atoms with Crippen molar-refractivity contribution >= 4 is 29.8 Å². The molecular formula is C18H15ClFN3O3. The van der Waals surface area contributed by atoms with Crippen LogP contribution in [0.25, 0.3) is 12.2 Å². The Morgan fingerprint density at radius 1 is 1.23 bits per heavy atom. The van der Waals surface area contributed by atoms with Gasteiger partial charge in [-0.3, -0.25) is 0 Å². The zero-order valence-corrected chi connectivity index (χ0v) is 14.5. The van der Waals surface area contributed by atoms with Crippen molar-refractivity contribution in [1.29, 1.82) is 0 Å². The van der Waals surface area contributed by atoms with Gasteiger partial charge in [0.15, 0.2) is 11.5 Å². The molecule has 1 aromatic heterocycles. The number of methoxy groups -OCH3 is 1. The minimum absolute atomic E-state index is 0.0126. The van der Waals surface area contributed by atoms with E-state index in [1.807, 2.05) is 0 Å². The van der Waals surface area contributed by atoms with Crippen LogP contribution in [-0.2, 0) is 6.61 Å². The highest BCUT2D eigenvalue weighted by Crippen LogP contribution is 2.37. The van der Waals surface area contributed by atoms with Crippen molar-refractivity contribution in [3.63, 3.8) is 0 Å². The summed E-state index contributed by atoms with van der Waals surface area (Å²) < 4.78 is 29.4. The molecule has 3 aromatic rings. The van der Waals surface area contributed by atoms with Crippen molar-refractivity contribution in [2.45, 2.75) is 6.61 Å². The standard InChI is InChI=1S/C18H15ClFN3O3/c1-24-15-9-11(5-6-16-22-23-18(21)26-16)8-14(19)17(15)25-10-12-3-2-4-13(20)7-12/h2-9H,10H2,1H3,(H2,21,23)/b6-5+. The van der Waals surface area contributed by atoms with E-state index in [2.05, 4.69) is 10.2 Å². The molecule has 0 bridgehead atoms. The maximum absolute atomic E-state index is 13.3.